The van der Waals surface area contributed by atoms with Crippen LogP contribution >= 0.6 is 0 Å². The van der Waals surface area contributed by atoms with Gasteiger partial charge in [0.25, 0.3) is 11.8 Å². The molecule has 1 aromatic heterocycles. The molecule has 2 heterocycles. The summed E-state index contributed by atoms with van der Waals surface area (Å²) in [4.78, 5) is 64.1. The van der Waals surface area contributed by atoms with Crippen LogP contribution in [0.25, 0.3) is 5.69 Å². The maximum atomic E-state index is 13.2. The molecular formula is C23H28N6O7. The molecule has 2 aromatic rings. The summed E-state index contributed by atoms with van der Waals surface area (Å²) in [6.45, 7) is 2.82. The Kier molecular flexibility index (Phi) is 8.60. The van der Waals surface area contributed by atoms with Crippen molar-refractivity contribution in [2.45, 2.75) is 25.8 Å². The molecule has 1 aliphatic heterocycles. The molecule has 0 aliphatic carbocycles. The van der Waals surface area contributed by atoms with E-state index in [0.717, 1.165) is 0 Å². The number of carbonyl (C=O) groups excluding carboxylic acids is 4. The second kappa shape index (κ2) is 11.8. The predicted molar refractivity (Wildman–Crippen MR) is 125 cm³/mol. The quantitative estimate of drug-likeness (QED) is 0.438. The number of carboxylic acids is 1. The van der Waals surface area contributed by atoms with Gasteiger partial charge in [0.2, 0.25) is 5.91 Å². The lowest BCUT2D eigenvalue weighted by atomic mass is 10.1. The van der Waals surface area contributed by atoms with E-state index in [-0.39, 0.29) is 57.0 Å². The van der Waals surface area contributed by atoms with Crippen molar-refractivity contribution in [1.82, 2.24) is 24.9 Å². The van der Waals surface area contributed by atoms with Gasteiger partial charge in [0, 0.05) is 38.7 Å². The van der Waals surface area contributed by atoms with Gasteiger partial charge in [0.15, 0.2) is 5.69 Å². The molecule has 1 unspecified atom stereocenters. The van der Waals surface area contributed by atoms with Crippen molar-refractivity contribution in [2.24, 2.45) is 5.73 Å². The van der Waals surface area contributed by atoms with Crippen LogP contribution in [-0.4, -0.2) is 93.3 Å². The average Bonchev–Trinajstić information content (AvgIpc) is 3.33. The molecule has 1 aromatic carbocycles. The number of nitrogens with two attached hydrogens (primary N) is 1. The minimum atomic E-state index is -1.15. The fraction of sp³-hybridized carbons (Fsp3) is 0.391. The summed E-state index contributed by atoms with van der Waals surface area (Å²) in [6.07, 6.45) is -0.982. The maximum absolute atomic E-state index is 13.2. The lowest BCUT2D eigenvalue weighted by Gasteiger charge is -2.35. The molecule has 13 nitrogen and oxygen atoms in total. The van der Waals surface area contributed by atoms with Gasteiger partial charge in [-0.3, -0.25) is 19.2 Å². The van der Waals surface area contributed by atoms with Crippen LogP contribution in [0.5, 0.6) is 0 Å². The number of carbonyl (C=O) groups is 5. The molecule has 4 N–H and O–H groups in total. The number of hydrogen-bond acceptors (Lipinski definition) is 7. The monoisotopic (exact) mass is 500 g/mol. The first-order chi connectivity index (χ1) is 17.2. The van der Waals surface area contributed by atoms with Crippen molar-refractivity contribution in [3.63, 3.8) is 0 Å². The number of ether oxygens (including phenoxy) is 1. The highest BCUT2D eigenvalue weighted by atomic mass is 16.6. The number of aliphatic carboxylic acids is 1. The smallest absolute Gasteiger partial charge is 0.409 e. The third-order valence-electron chi connectivity index (χ3n) is 5.56. The Morgan fingerprint density at radius 3 is 2.31 bits per heavy atom. The fourth-order valence-corrected chi connectivity index (χ4v) is 3.74. The van der Waals surface area contributed by atoms with E-state index in [0.29, 0.717) is 5.69 Å². The molecule has 0 saturated carbocycles. The Labute approximate surface area is 206 Å². The molecule has 1 saturated heterocycles. The standard InChI is InChI=1S/C23H28N6O7/c1-2-36-23(35)28-12-10-27(11-13-28)22(34)16(8-9-19(30)31)25-21(33)17-14-18(20(24)32)29(26-17)15-6-4-3-5-7-15/h3-7,14,16H,2,8-13H2,1H3,(H2,24,32)(H,25,33)(H,30,31). The lowest BCUT2D eigenvalue weighted by Crippen LogP contribution is -2.56. The van der Waals surface area contributed by atoms with Crippen molar-refractivity contribution >= 4 is 29.8 Å². The number of carboxylic acid groups (broad SMARTS) is 1. The van der Waals surface area contributed by atoms with Crippen molar-refractivity contribution in [2.75, 3.05) is 32.8 Å². The Morgan fingerprint density at radius 2 is 1.72 bits per heavy atom. The van der Waals surface area contributed by atoms with Crippen molar-refractivity contribution < 1.29 is 33.8 Å². The third kappa shape index (κ3) is 6.37. The molecule has 0 radical (unpaired) electrons. The normalized spacial score (nSPS) is 14.1. The number of hydrogen-bond donors (Lipinski definition) is 3. The van der Waals surface area contributed by atoms with E-state index >= 15 is 0 Å². The number of amides is 4. The van der Waals surface area contributed by atoms with Gasteiger partial charge in [0.1, 0.15) is 11.7 Å². The second-order valence-corrected chi connectivity index (χ2v) is 8.00. The number of nitrogens with zero attached hydrogens (tertiary/aromatic N) is 4. The highest BCUT2D eigenvalue weighted by molar-refractivity contribution is 5.99. The van der Waals surface area contributed by atoms with E-state index in [1.807, 2.05) is 0 Å². The summed E-state index contributed by atoms with van der Waals surface area (Å²) in [5, 5.41) is 15.8. The van der Waals surface area contributed by atoms with E-state index in [2.05, 4.69) is 10.4 Å². The first-order valence-corrected chi connectivity index (χ1v) is 11.4. The van der Waals surface area contributed by atoms with Gasteiger partial charge in [-0.1, -0.05) is 18.2 Å². The number of benzene rings is 1. The Hall–Kier alpha value is -4.42. The average molecular weight is 501 g/mol. The maximum Gasteiger partial charge on any atom is 0.409 e. The van der Waals surface area contributed by atoms with Gasteiger partial charge >= 0.3 is 12.1 Å². The first-order valence-electron chi connectivity index (χ1n) is 11.4. The molecule has 1 aliphatic rings. The van der Waals surface area contributed by atoms with Gasteiger partial charge in [-0.05, 0) is 25.5 Å². The highest BCUT2D eigenvalue weighted by Gasteiger charge is 2.31. The molecule has 36 heavy (non-hydrogen) atoms. The Morgan fingerprint density at radius 1 is 1.08 bits per heavy atom. The van der Waals surface area contributed by atoms with Crippen LogP contribution in [0.1, 0.15) is 40.7 Å². The number of primary amides is 1. The number of piperazine rings is 1. The summed E-state index contributed by atoms with van der Waals surface area (Å²) in [7, 11) is 0. The zero-order valence-corrected chi connectivity index (χ0v) is 19.8. The van der Waals surface area contributed by atoms with Gasteiger partial charge in [-0.25, -0.2) is 9.48 Å². The summed E-state index contributed by atoms with van der Waals surface area (Å²) in [6, 6.07) is 8.64. The van der Waals surface area contributed by atoms with Crippen molar-refractivity contribution in [1.29, 1.82) is 0 Å². The van der Waals surface area contributed by atoms with E-state index in [1.165, 1.54) is 20.5 Å². The van der Waals surface area contributed by atoms with Crippen LogP contribution < -0.4 is 11.1 Å². The molecule has 1 atom stereocenters. The zero-order valence-electron chi connectivity index (χ0n) is 19.8. The van der Waals surface area contributed by atoms with Gasteiger partial charge in [-0.15, -0.1) is 0 Å². The van der Waals surface area contributed by atoms with Crippen molar-refractivity contribution in [3.8, 4) is 5.69 Å². The van der Waals surface area contributed by atoms with E-state index in [4.69, 9.17) is 15.6 Å². The van der Waals surface area contributed by atoms with Gasteiger partial charge in [-0.2, -0.15) is 5.10 Å². The number of nitrogens with one attached hydrogen (secondary N) is 1. The first kappa shape index (κ1) is 26.2. The highest BCUT2D eigenvalue weighted by Crippen LogP contribution is 2.14. The van der Waals surface area contributed by atoms with Crippen LogP contribution in [0, 0.1) is 0 Å². The topological polar surface area (TPSA) is 177 Å². The summed E-state index contributed by atoms with van der Waals surface area (Å²) >= 11 is 0. The fourth-order valence-electron chi connectivity index (χ4n) is 3.74. The van der Waals surface area contributed by atoms with Crippen LogP contribution in [0.3, 0.4) is 0 Å². The molecular weight excluding hydrogens is 472 g/mol. The number of aromatic nitrogens is 2. The van der Waals surface area contributed by atoms with Crippen molar-refractivity contribution in [3.05, 3.63) is 47.8 Å². The van der Waals surface area contributed by atoms with E-state index < -0.39 is 35.8 Å². The molecule has 4 amide bonds. The molecule has 13 heteroatoms. The minimum Gasteiger partial charge on any atom is -0.481 e. The molecule has 3 rings (SSSR count). The summed E-state index contributed by atoms with van der Waals surface area (Å²) in [5.41, 5.74) is 5.76. The number of para-hydroxylation sites is 1. The van der Waals surface area contributed by atoms with Crippen LogP contribution in [0.4, 0.5) is 4.79 Å². The second-order valence-electron chi connectivity index (χ2n) is 8.00. The number of rotatable bonds is 9. The zero-order chi connectivity index (χ0) is 26.2. The largest absolute Gasteiger partial charge is 0.481 e. The van der Waals surface area contributed by atoms with E-state index in [9.17, 15) is 24.0 Å². The van der Waals surface area contributed by atoms with Crippen LogP contribution in [0.2, 0.25) is 0 Å². The van der Waals surface area contributed by atoms with Gasteiger partial charge in [0.05, 0.1) is 12.3 Å². The molecule has 0 bridgehead atoms. The van der Waals surface area contributed by atoms with Crippen LogP contribution in [-0.2, 0) is 14.3 Å². The Balaban J connectivity index is 1.75. The third-order valence-corrected chi connectivity index (χ3v) is 5.56. The SMILES string of the molecule is CCOC(=O)N1CCN(C(=O)C(CCC(=O)O)NC(=O)c2cc(C(N)=O)n(-c3ccccc3)n2)CC1. The molecule has 192 valence electrons. The lowest BCUT2D eigenvalue weighted by molar-refractivity contribution is -0.138. The minimum absolute atomic E-state index is 0.0325. The molecule has 0 spiro atoms. The van der Waals surface area contributed by atoms with Gasteiger partial charge < -0.3 is 30.7 Å². The summed E-state index contributed by atoms with van der Waals surface area (Å²) < 4.78 is 6.19. The van der Waals surface area contributed by atoms with E-state index in [1.54, 1.807) is 37.3 Å². The van der Waals surface area contributed by atoms with Crippen LogP contribution in [0.15, 0.2) is 36.4 Å². The summed E-state index contributed by atoms with van der Waals surface area (Å²) in [5.74, 6) is -3.17. The predicted octanol–water partition coefficient (Wildman–Crippen LogP) is 0.235. The molecule has 1 fully saturated rings. The Bertz CT molecular complexity index is 1130.